The summed E-state index contributed by atoms with van der Waals surface area (Å²) in [5, 5.41) is 8.90. The van der Waals surface area contributed by atoms with Gasteiger partial charge in [0.15, 0.2) is 11.3 Å². The highest BCUT2D eigenvalue weighted by molar-refractivity contribution is 5.89. The third kappa shape index (κ3) is 4.59. The Balaban J connectivity index is 1.22. The summed E-state index contributed by atoms with van der Waals surface area (Å²) in [6.07, 6.45) is 8.26. The summed E-state index contributed by atoms with van der Waals surface area (Å²) in [5.74, 6) is 0.147. The van der Waals surface area contributed by atoms with Crippen LogP contribution in [0.4, 0.5) is 4.39 Å². The molecule has 0 bridgehead atoms. The Morgan fingerprint density at radius 2 is 2.15 bits per heavy atom. The molecule has 9 nitrogen and oxygen atoms in total. The van der Waals surface area contributed by atoms with Gasteiger partial charge >= 0.3 is 5.97 Å². The van der Waals surface area contributed by atoms with Gasteiger partial charge in [-0.3, -0.25) is 4.79 Å². The molecule has 0 aromatic carbocycles. The molecule has 0 aliphatic heterocycles. The molecule has 5 rings (SSSR count). The highest BCUT2D eigenvalue weighted by Crippen LogP contribution is 2.48. The van der Waals surface area contributed by atoms with E-state index in [9.17, 15) is 14.0 Å². The van der Waals surface area contributed by atoms with E-state index in [0.29, 0.717) is 30.2 Å². The van der Waals surface area contributed by atoms with E-state index >= 15 is 0 Å². The van der Waals surface area contributed by atoms with Gasteiger partial charge in [-0.05, 0) is 55.7 Å². The van der Waals surface area contributed by atoms with Crippen LogP contribution < -0.4 is 5.56 Å². The number of esters is 1. The fraction of sp³-hybridized carbons (Fsp3) is 0.417. The zero-order valence-corrected chi connectivity index (χ0v) is 18.4. The molecule has 2 aliphatic carbocycles. The molecule has 0 saturated heterocycles. The average molecular weight is 462 g/mol. The minimum absolute atomic E-state index is 0.176. The normalized spacial score (nSPS) is 18.8. The van der Waals surface area contributed by atoms with Crippen molar-refractivity contribution < 1.29 is 13.9 Å². The van der Waals surface area contributed by atoms with Crippen molar-refractivity contribution in [3.8, 4) is 6.07 Å². The van der Waals surface area contributed by atoms with Crippen LogP contribution in [0.15, 0.2) is 29.2 Å². The number of hydrogen-bond donors (Lipinski definition) is 2. The van der Waals surface area contributed by atoms with Gasteiger partial charge in [-0.2, -0.15) is 9.65 Å². The lowest BCUT2D eigenvalue weighted by Gasteiger charge is -2.20. The van der Waals surface area contributed by atoms with Crippen molar-refractivity contribution in [2.24, 2.45) is 11.3 Å². The predicted molar refractivity (Wildman–Crippen MR) is 120 cm³/mol. The predicted octanol–water partition coefficient (Wildman–Crippen LogP) is 3.46. The number of H-pyrrole nitrogens is 2. The summed E-state index contributed by atoms with van der Waals surface area (Å²) < 4.78 is 18.6. The minimum Gasteiger partial charge on any atom is -0.460 e. The zero-order chi connectivity index (χ0) is 23.7. The van der Waals surface area contributed by atoms with E-state index in [-0.39, 0.29) is 17.7 Å². The molecular weight excluding hydrogens is 439 g/mol. The van der Waals surface area contributed by atoms with Gasteiger partial charge in [0.2, 0.25) is 5.82 Å². The number of aromatic nitrogens is 5. The topological polar surface area (TPSA) is 137 Å². The lowest BCUT2D eigenvalue weighted by molar-refractivity contribution is 0.0413. The highest BCUT2D eigenvalue weighted by atomic mass is 19.1. The molecule has 1 unspecified atom stereocenters. The van der Waals surface area contributed by atoms with Gasteiger partial charge < -0.3 is 14.7 Å². The van der Waals surface area contributed by atoms with Crippen LogP contribution in [0.5, 0.6) is 0 Å². The largest absolute Gasteiger partial charge is 0.460 e. The number of rotatable bonds is 7. The Morgan fingerprint density at radius 3 is 2.85 bits per heavy atom. The van der Waals surface area contributed by atoms with Crippen LogP contribution in [0, 0.1) is 28.5 Å². The SMILES string of the molecule is N#CCC1(COC(=O)c2ccc3[nH]c(CC4CC=C(c5ncc(F)c(=O)[nH]5)CC4)nc3n2)CC1. The first-order valence-electron chi connectivity index (χ1n) is 11.3. The van der Waals surface area contributed by atoms with Crippen molar-refractivity contribution in [3.05, 3.63) is 57.9 Å². The maximum Gasteiger partial charge on any atom is 0.357 e. The molecule has 2 aliphatic rings. The Kier molecular flexibility index (Phi) is 5.69. The number of hydrogen-bond acceptors (Lipinski definition) is 7. The maximum atomic E-state index is 13.2. The first kappa shape index (κ1) is 21.9. The molecule has 0 spiro atoms. The average Bonchev–Trinajstić information content (AvgIpc) is 3.49. The zero-order valence-electron chi connectivity index (χ0n) is 18.4. The molecule has 174 valence electrons. The lowest BCUT2D eigenvalue weighted by atomic mass is 9.87. The van der Waals surface area contributed by atoms with Crippen molar-refractivity contribution in [1.82, 2.24) is 24.9 Å². The van der Waals surface area contributed by atoms with E-state index in [4.69, 9.17) is 10.00 Å². The number of nitriles is 1. The monoisotopic (exact) mass is 462 g/mol. The van der Waals surface area contributed by atoms with Crippen molar-refractivity contribution in [2.75, 3.05) is 6.61 Å². The van der Waals surface area contributed by atoms with Crippen LogP contribution in [-0.4, -0.2) is 37.5 Å². The molecule has 3 heterocycles. The third-order valence-corrected chi connectivity index (χ3v) is 6.59. The van der Waals surface area contributed by atoms with Gasteiger partial charge in [-0.15, -0.1) is 0 Å². The molecule has 3 aromatic rings. The molecule has 1 atom stereocenters. The number of fused-ring (bicyclic) bond motifs is 1. The number of ether oxygens (including phenoxy) is 1. The number of imidazole rings is 1. The number of carbonyl (C=O) groups is 1. The Hall–Kier alpha value is -3.87. The number of allylic oxidation sites excluding steroid dienone is 2. The second-order valence-corrected chi connectivity index (χ2v) is 9.14. The molecule has 0 radical (unpaired) electrons. The van der Waals surface area contributed by atoms with Crippen LogP contribution in [0.1, 0.15) is 60.7 Å². The van der Waals surface area contributed by atoms with Crippen LogP contribution in [0.3, 0.4) is 0 Å². The summed E-state index contributed by atoms with van der Waals surface area (Å²) in [7, 11) is 0. The van der Waals surface area contributed by atoms with Crippen LogP contribution >= 0.6 is 0 Å². The molecule has 1 saturated carbocycles. The van der Waals surface area contributed by atoms with E-state index in [1.165, 1.54) is 0 Å². The van der Waals surface area contributed by atoms with Gasteiger partial charge in [0.25, 0.3) is 5.56 Å². The van der Waals surface area contributed by atoms with Crippen molar-refractivity contribution in [2.45, 2.75) is 44.9 Å². The molecule has 10 heteroatoms. The standard InChI is InChI=1S/C24H23FN6O3/c25-16-12-27-20(31-22(16)32)15-3-1-14(2-4-15)11-19-28-17-5-6-18(29-21(17)30-19)23(33)34-13-24(7-8-24)9-10-26/h3,5-6,12,14H,1-2,4,7-9,11,13H2,(H,27,31,32)(H,28,29,30). The molecular formula is C24H23FN6O3. The third-order valence-electron chi connectivity index (χ3n) is 6.59. The number of nitrogens with one attached hydrogen (secondary N) is 2. The molecule has 1 fully saturated rings. The number of aromatic amines is 2. The quantitative estimate of drug-likeness (QED) is 0.513. The van der Waals surface area contributed by atoms with Gasteiger partial charge in [-0.1, -0.05) is 6.08 Å². The number of halogens is 1. The van der Waals surface area contributed by atoms with E-state index in [2.05, 4.69) is 31.0 Å². The summed E-state index contributed by atoms with van der Waals surface area (Å²) >= 11 is 0. The van der Waals surface area contributed by atoms with Gasteiger partial charge in [0.05, 0.1) is 24.4 Å². The summed E-state index contributed by atoms with van der Waals surface area (Å²) in [6.45, 7) is 0.240. The van der Waals surface area contributed by atoms with Crippen molar-refractivity contribution in [3.63, 3.8) is 0 Å². The Bertz CT molecular complexity index is 1380. The van der Waals surface area contributed by atoms with E-state index < -0.39 is 17.3 Å². The molecule has 0 amide bonds. The summed E-state index contributed by atoms with van der Waals surface area (Å²) in [5.41, 5.74) is 1.37. The molecule has 34 heavy (non-hydrogen) atoms. The first-order chi connectivity index (χ1) is 16.4. The van der Waals surface area contributed by atoms with Gasteiger partial charge in [-0.25, -0.2) is 19.7 Å². The second-order valence-electron chi connectivity index (χ2n) is 9.14. The van der Waals surface area contributed by atoms with Gasteiger partial charge in [0, 0.05) is 18.3 Å². The van der Waals surface area contributed by atoms with Crippen molar-refractivity contribution >= 4 is 22.7 Å². The Labute approximate surface area is 194 Å². The van der Waals surface area contributed by atoms with E-state index in [1.807, 2.05) is 6.08 Å². The fourth-order valence-corrected chi connectivity index (χ4v) is 4.27. The van der Waals surface area contributed by atoms with Gasteiger partial charge in [0.1, 0.15) is 11.6 Å². The van der Waals surface area contributed by atoms with Crippen LogP contribution in [-0.2, 0) is 11.2 Å². The number of carbonyl (C=O) groups excluding carboxylic acids is 1. The summed E-state index contributed by atoms with van der Waals surface area (Å²) in [6, 6.07) is 5.54. The molecule has 3 aromatic heterocycles. The fourth-order valence-electron chi connectivity index (χ4n) is 4.27. The maximum absolute atomic E-state index is 13.2. The number of nitrogens with zero attached hydrogens (tertiary/aromatic N) is 4. The lowest BCUT2D eigenvalue weighted by Crippen LogP contribution is -2.16. The smallest absolute Gasteiger partial charge is 0.357 e. The second kappa shape index (κ2) is 8.82. The summed E-state index contributed by atoms with van der Waals surface area (Å²) in [4.78, 5) is 42.6. The van der Waals surface area contributed by atoms with E-state index in [0.717, 1.165) is 55.2 Å². The Morgan fingerprint density at radius 1 is 1.29 bits per heavy atom. The molecule has 2 N–H and O–H groups in total. The first-order valence-corrected chi connectivity index (χ1v) is 11.3. The minimum atomic E-state index is -0.890. The van der Waals surface area contributed by atoms with Crippen molar-refractivity contribution in [1.29, 1.82) is 5.26 Å². The van der Waals surface area contributed by atoms with Crippen LogP contribution in [0.2, 0.25) is 0 Å². The number of pyridine rings is 1. The van der Waals surface area contributed by atoms with Crippen LogP contribution in [0.25, 0.3) is 16.7 Å². The highest BCUT2D eigenvalue weighted by Gasteiger charge is 2.43. The van der Waals surface area contributed by atoms with E-state index in [1.54, 1.807) is 12.1 Å².